The highest BCUT2D eigenvalue weighted by molar-refractivity contribution is 7.89. The molecule has 2 unspecified atom stereocenters. The van der Waals surface area contributed by atoms with Crippen molar-refractivity contribution in [3.63, 3.8) is 0 Å². The molecule has 2 aliphatic rings. The Labute approximate surface area is 125 Å². The highest BCUT2D eigenvalue weighted by atomic mass is 32.2. The second kappa shape index (κ2) is 6.04. The van der Waals surface area contributed by atoms with Crippen LogP contribution in [0.3, 0.4) is 0 Å². The topological polar surface area (TPSA) is 90.1 Å². The number of H-pyrrole nitrogens is 1. The van der Waals surface area contributed by atoms with Gasteiger partial charge in [0.15, 0.2) is 5.03 Å². The van der Waals surface area contributed by atoms with Crippen molar-refractivity contribution in [1.29, 1.82) is 0 Å². The van der Waals surface area contributed by atoms with Crippen LogP contribution in [0, 0.1) is 0 Å². The monoisotopic (exact) mass is 313 g/mol. The summed E-state index contributed by atoms with van der Waals surface area (Å²) >= 11 is 0. The van der Waals surface area contributed by atoms with Crippen LogP contribution in [0.1, 0.15) is 31.2 Å². The molecule has 3 rings (SSSR count). The Kier molecular flexibility index (Phi) is 4.30. The van der Waals surface area contributed by atoms with Gasteiger partial charge in [-0.15, -0.1) is 0 Å². The zero-order chi connectivity index (χ0) is 14.9. The summed E-state index contributed by atoms with van der Waals surface area (Å²) in [5, 5.41) is 9.62. The van der Waals surface area contributed by atoms with E-state index in [0.717, 1.165) is 25.9 Å². The third-order valence-corrected chi connectivity index (χ3v) is 5.99. The van der Waals surface area contributed by atoms with E-state index in [1.165, 1.54) is 12.8 Å². The first-order chi connectivity index (χ1) is 10.1. The van der Waals surface area contributed by atoms with Crippen LogP contribution in [0.25, 0.3) is 0 Å². The van der Waals surface area contributed by atoms with Gasteiger partial charge in [0.25, 0.3) is 10.0 Å². The largest absolute Gasteiger partial charge is 0.316 e. The molecule has 2 fully saturated rings. The maximum Gasteiger partial charge on any atom is 0.258 e. The van der Waals surface area contributed by atoms with E-state index in [-0.39, 0.29) is 11.1 Å². The molecule has 118 valence electrons. The molecule has 3 N–H and O–H groups in total. The molecule has 8 heteroatoms. The van der Waals surface area contributed by atoms with Gasteiger partial charge in [-0.1, -0.05) is 0 Å². The minimum atomic E-state index is -3.52. The fraction of sp³-hybridized carbons (Fsp3) is 0.769. The van der Waals surface area contributed by atoms with Crippen molar-refractivity contribution in [2.75, 3.05) is 20.1 Å². The molecule has 0 radical (unpaired) electrons. The molecule has 0 amide bonds. The van der Waals surface area contributed by atoms with Crippen molar-refractivity contribution < 1.29 is 8.42 Å². The second-order valence-electron chi connectivity index (χ2n) is 5.93. The van der Waals surface area contributed by atoms with Crippen LogP contribution in [0.5, 0.6) is 0 Å². The number of aromatic nitrogens is 2. The van der Waals surface area contributed by atoms with E-state index in [1.54, 1.807) is 13.2 Å². The first-order valence-corrected chi connectivity index (χ1v) is 9.01. The van der Waals surface area contributed by atoms with E-state index < -0.39 is 10.0 Å². The smallest absolute Gasteiger partial charge is 0.258 e. The second-order valence-corrected chi connectivity index (χ2v) is 7.58. The summed E-state index contributed by atoms with van der Waals surface area (Å²) in [6.07, 6.45) is 5.77. The Morgan fingerprint density at radius 2 is 2.29 bits per heavy atom. The number of fused-ring (bicyclic) bond motifs is 1. The fourth-order valence-electron chi connectivity index (χ4n) is 3.46. The van der Waals surface area contributed by atoms with Crippen molar-refractivity contribution in [2.24, 2.45) is 0 Å². The lowest BCUT2D eigenvalue weighted by Gasteiger charge is -2.34. The van der Waals surface area contributed by atoms with Gasteiger partial charge in [-0.25, -0.2) is 13.1 Å². The average molecular weight is 313 g/mol. The predicted molar refractivity (Wildman–Crippen MR) is 79.3 cm³/mol. The van der Waals surface area contributed by atoms with Gasteiger partial charge in [0.05, 0.1) is 6.20 Å². The molecule has 21 heavy (non-hydrogen) atoms. The molecule has 2 atom stereocenters. The van der Waals surface area contributed by atoms with Crippen LogP contribution in [0.15, 0.2) is 11.2 Å². The third kappa shape index (κ3) is 3.13. The number of rotatable bonds is 5. The van der Waals surface area contributed by atoms with Crippen molar-refractivity contribution in [1.82, 2.24) is 25.1 Å². The molecule has 1 aromatic heterocycles. The minimum Gasteiger partial charge on any atom is -0.316 e. The Morgan fingerprint density at radius 3 is 3.10 bits per heavy atom. The number of hydrogen-bond acceptors (Lipinski definition) is 5. The van der Waals surface area contributed by atoms with Crippen LogP contribution in [-0.4, -0.2) is 55.7 Å². The van der Waals surface area contributed by atoms with Gasteiger partial charge in [-0.05, 0) is 45.8 Å². The van der Waals surface area contributed by atoms with E-state index >= 15 is 0 Å². The number of hydrogen-bond donors (Lipinski definition) is 3. The highest BCUT2D eigenvalue weighted by Gasteiger charge is 2.34. The molecular weight excluding hydrogens is 290 g/mol. The Hall–Kier alpha value is -0.960. The fourth-order valence-corrected chi connectivity index (χ4v) is 4.87. The lowest BCUT2D eigenvalue weighted by Crippen LogP contribution is -2.47. The molecule has 2 aliphatic heterocycles. The lowest BCUT2D eigenvalue weighted by molar-refractivity contribution is 0.176. The lowest BCUT2D eigenvalue weighted by atomic mass is 9.99. The highest BCUT2D eigenvalue weighted by Crippen LogP contribution is 2.27. The Morgan fingerprint density at radius 1 is 1.43 bits per heavy atom. The van der Waals surface area contributed by atoms with Crippen LogP contribution >= 0.6 is 0 Å². The maximum atomic E-state index is 12.5. The van der Waals surface area contributed by atoms with E-state index in [1.807, 2.05) is 0 Å². The number of piperidine rings is 1. The van der Waals surface area contributed by atoms with Gasteiger partial charge in [0, 0.05) is 24.2 Å². The van der Waals surface area contributed by atoms with Gasteiger partial charge >= 0.3 is 0 Å². The summed E-state index contributed by atoms with van der Waals surface area (Å²) in [5.74, 6) is 0. The molecule has 0 aliphatic carbocycles. The zero-order valence-corrected chi connectivity index (χ0v) is 13.1. The number of sulfonamides is 1. The van der Waals surface area contributed by atoms with Crippen LogP contribution in [-0.2, 0) is 16.6 Å². The van der Waals surface area contributed by atoms with Gasteiger partial charge < -0.3 is 10.2 Å². The first kappa shape index (κ1) is 15.0. The zero-order valence-electron chi connectivity index (χ0n) is 12.3. The molecule has 0 saturated carbocycles. The van der Waals surface area contributed by atoms with Gasteiger partial charge in [-0.3, -0.25) is 5.10 Å². The van der Waals surface area contributed by atoms with E-state index in [9.17, 15) is 8.42 Å². The summed E-state index contributed by atoms with van der Waals surface area (Å²) in [6.45, 7) is 2.63. The number of aromatic amines is 1. The molecule has 2 saturated heterocycles. The van der Waals surface area contributed by atoms with Crippen LogP contribution < -0.4 is 10.0 Å². The number of nitrogens with one attached hydrogen (secondary N) is 3. The number of nitrogens with zero attached hydrogens (tertiary/aromatic N) is 2. The van der Waals surface area contributed by atoms with E-state index in [0.29, 0.717) is 18.2 Å². The first-order valence-electron chi connectivity index (χ1n) is 7.53. The van der Waals surface area contributed by atoms with Crippen LogP contribution in [0.2, 0.25) is 0 Å². The van der Waals surface area contributed by atoms with Crippen molar-refractivity contribution in [3.05, 3.63) is 11.8 Å². The molecule has 0 spiro atoms. The van der Waals surface area contributed by atoms with Crippen molar-refractivity contribution in [2.45, 2.75) is 49.3 Å². The molecule has 0 bridgehead atoms. The molecule has 1 aromatic rings. The van der Waals surface area contributed by atoms with E-state index in [2.05, 4.69) is 25.1 Å². The van der Waals surface area contributed by atoms with Gasteiger partial charge in [-0.2, -0.15) is 5.10 Å². The molecule has 0 aromatic carbocycles. The minimum absolute atomic E-state index is 0.0279. The summed E-state index contributed by atoms with van der Waals surface area (Å²) in [6, 6.07) is 0.574. The van der Waals surface area contributed by atoms with Gasteiger partial charge in [0.1, 0.15) is 0 Å². The summed E-state index contributed by atoms with van der Waals surface area (Å²) < 4.78 is 27.9. The molecule has 7 nitrogen and oxygen atoms in total. The van der Waals surface area contributed by atoms with Crippen molar-refractivity contribution in [3.8, 4) is 0 Å². The summed E-state index contributed by atoms with van der Waals surface area (Å²) in [7, 11) is -1.74. The SMILES string of the molecule is CNCc1cn[nH]c1S(=O)(=O)NC1CCN2CCCC2C1. The molecule has 3 heterocycles. The quantitative estimate of drug-likeness (QED) is 0.714. The van der Waals surface area contributed by atoms with Gasteiger partial charge in [0.2, 0.25) is 0 Å². The normalized spacial score (nSPS) is 26.9. The summed E-state index contributed by atoms with van der Waals surface area (Å²) in [5.41, 5.74) is 0.670. The summed E-state index contributed by atoms with van der Waals surface area (Å²) in [4.78, 5) is 2.48. The third-order valence-electron chi connectivity index (χ3n) is 4.46. The average Bonchev–Trinajstić information content (AvgIpc) is 3.06. The standard InChI is InChI=1S/C13H23N5O2S/c1-14-8-10-9-15-16-13(10)21(19,20)17-11-4-6-18-5-2-3-12(18)7-11/h9,11-12,14,17H,2-8H2,1H3,(H,15,16). The maximum absolute atomic E-state index is 12.5. The Bertz CT molecular complexity index is 585. The van der Waals surface area contributed by atoms with Crippen LogP contribution in [0.4, 0.5) is 0 Å². The Balaban J connectivity index is 1.69. The van der Waals surface area contributed by atoms with Crippen molar-refractivity contribution >= 4 is 10.0 Å². The molecular formula is C13H23N5O2S. The van der Waals surface area contributed by atoms with E-state index in [4.69, 9.17) is 0 Å². The predicted octanol–water partition coefficient (Wildman–Crippen LogP) is 0.0342.